The van der Waals surface area contributed by atoms with Crippen molar-refractivity contribution in [2.45, 2.75) is 84.7 Å². The lowest BCUT2D eigenvalue weighted by Gasteiger charge is -2.17. The second kappa shape index (κ2) is 18.6. The van der Waals surface area contributed by atoms with Crippen molar-refractivity contribution < 1.29 is 18.9 Å². The lowest BCUT2D eigenvalue weighted by atomic mass is 10.1. The quantitative estimate of drug-likeness (QED) is 0.0996. The normalized spacial score (nSPS) is 10.9. The Balaban J connectivity index is 1.46. The Labute approximate surface area is 251 Å². The molecule has 0 saturated carbocycles. The molecular formula is C37H45NO4. The van der Waals surface area contributed by atoms with Crippen LogP contribution in [0.15, 0.2) is 97.1 Å². The van der Waals surface area contributed by atoms with Crippen LogP contribution in [0.1, 0.15) is 80.7 Å². The molecule has 4 rings (SSSR count). The highest BCUT2D eigenvalue weighted by atomic mass is 16.5. The summed E-state index contributed by atoms with van der Waals surface area (Å²) in [5.74, 6) is 1.70. The van der Waals surface area contributed by atoms with Gasteiger partial charge in [0, 0.05) is 6.07 Å². The summed E-state index contributed by atoms with van der Waals surface area (Å²) in [5, 5.41) is 0. The van der Waals surface area contributed by atoms with Gasteiger partial charge in [-0.05, 0) is 23.1 Å². The molecule has 1 aromatic heterocycles. The van der Waals surface area contributed by atoms with Crippen LogP contribution < -0.4 is 14.2 Å². The highest BCUT2D eigenvalue weighted by Crippen LogP contribution is 2.34. The van der Waals surface area contributed by atoms with Crippen molar-refractivity contribution in [1.29, 1.82) is 0 Å². The van der Waals surface area contributed by atoms with E-state index in [-0.39, 0.29) is 0 Å². The van der Waals surface area contributed by atoms with Crippen LogP contribution in [0.3, 0.4) is 0 Å². The molecule has 0 N–H and O–H groups in total. The second-order valence-corrected chi connectivity index (χ2v) is 10.6. The van der Waals surface area contributed by atoms with Gasteiger partial charge in [-0.2, -0.15) is 0 Å². The molecule has 0 aliphatic rings. The van der Waals surface area contributed by atoms with E-state index in [0.29, 0.717) is 56.1 Å². The van der Waals surface area contributed by atoms with E-state index in [2.05, 4.69) is 19.1 Å². The Morgan fingerprint density at radius 2 is 1.00 bits per heavy atom. The van der Waals surface area contributed by atoms with Crippen molar-refractivity contribution in [2.24, 2.45) is 0 Å². The van der Waals surface area contributed by atoms with E-state index >= 15 is 0 Å². The minimum Gasteiger partial charge on any atom is -0.487 e. The summed E-state index contributed by atoms with van der Waals surface area (Å²) in [6.45, 7) is 4.47. The minimum absolute atomic E-state index is 0.298. The third-order valence-corrected chi connectivity index (χ3v) is 7.06. The van der Waals surface area contributed by atoms with Crippen LogP contribution >= 0.6 is 0 Å². The lowest BCUT2D eigenvalue weighted by Crippen LogP contribution is -2.08. The molecule has 1 heterocycles. The number of aromatic nitrogens is 1. The number of unbranched alkanes of at least 4 members (excludes halogenated alkanes) is 7. The second-order valence-electron chi connectivity index (χ2n) is 10.6. The third kappa shape index (κ3) is 11.2. The van der Waals surface area contributed by atoms with Crippen LogP contribution in [0, 0.1) is 0 Å². The van der Waals surface area contributed by atoms with Gasteiger partial charge in [-0.3, -0.25) is 0 Å². The first-order valence-corrected chi connectivity index (χ1v) is 15.4. The van der Waals surface area contributed by atoms with Gasteiger partial charge in [-0.25, -0.2) is 4.98 Å². The van der Waals surface area contributed by atoms with Crippen molar-refractivity contribution in [3.63, 3.8) is 0 Å². The highest BCUT2D eigenvalue weighted by Gasteiger charge is 2.17. The first-order valence-electron chi connectivity index (χ1n) is 15.4. The molecule has 0 saturated heterocycles. The summed E-state index contributed by atoms with van der Waals surface area (Å²) < 4.78 is 24.9. The molecule has 0 amide bonds. The van der Waals surface area contributed by atoms with E-state index in [0.717, 1.165) is 29.5 Å². The van der Waals surface area contributed by atoms with E-state index in [4.69, 9.17) is 23.9 Å². The molecule has 5 nitrogen and oxygen atoms in total. The van der Waals surface area contributed by atoms with Crippen LogP contribution in [0.2, 0.25) is 0 Å². The summed E-state index contributed by atoms with van der Waals surface area (Å²) in [7, 11) is 0. The molecule has 0 bridgehead atoms. The zero-order valence-corrected chi connectivity index (χ0v) is 25.0. The fourth-order valence-electron chi connectivity index (χ4n) is 4.65. The fraction of sp³-hybridized carbons (Fsp3) is 0.378. The monoisotopic (exact) mass is 567 g/mol. The first-order chi connectivity index (χ1) is 20.8. The maximum Gasteiger partial charge on any atom is 0.257 e. The number of benzene rings is 3. The molecule has 0 aliphatic carbocycles. The summed E-state index contributed by atoms with van der Waals surface area (Å²) in [4.78, 5) is 4.90. The van der Waals surface area contributed by atoms with Crippen molar-refractivity contribution in [3.05, 3.63) is 119 Å². The lowest BCUT2D eigenvalue weighted by molar-refractivity contribution is 0.100. The summed E-state index contributed by atoms with van der Waals surface area (Å²) in [5.41, 5.74) is 3.96. The third-order valence-electron chi connectivity index (χ3n) is 7.06. The molecule has 0 atom stereocenters. The Bertz CT molecular complexity index is 1270. The number of rotatable bonds is 20. The molecular weight excluding hydrogens is 522 g/mol. The number of pyridine rings is 1. The SMILES string of the molecule is CCCCCCCCCCOc1nc(COCc2ccccc2)c(OCc2ccccc2)cc1OCc1ccccc1. The molecule has 0 aliphatic heterocycles. The van der Waals surface area contributed by atoms with Gasteiger partial charge in [-0.1, -0.05) is 143 Å². The van der Waals surface area contributed by atoms with Gasteiger partial charge in [-0.15, -0.1) is 0 Å². The van der Waals surface area contributed by atoms with E-state index in [1.807, 2.05) is 84.9 Å². The molecule has 3 aromatic carbocycles. The van der Waals surface area contributed by atoms with Gasteiger partial charge in [0.2, 0.25) is 0 Å². The van der Waals surface area contributed by atoms with Crippen LogP contribution in [0.5, 0.6) is 17.4 Å². The molecule has 42 heavy (non-hydrogen) atoms. The Morgan fingerprint density at radius 1 is 0.500 bits per heavy atom. The van der Waals surface area contributed by atoms with Crippen LogP contribution in [-0.4, -0.2) is 11.6 Å². The van der Waals surface area contributed by atoms with Gasteiger partial charge < -0.3 is 18.9 Å². The zero-order valence-electron chi connectivity index (χ0n) is 25.0. The van der Waals surface area contributed by atoms with E-state index in [1.54, 1.807) is 0 Å². The highest BCUT2D eigenvalue weighted by molar-refractivity contribution is 5.44. The van der Waals surface area contributed by atoms with E-state index in [1.165, 1.54) is 38.5 Å². The number of nitrogens with zero attached hydrogens (tertiary/aromatic N) is 1. The minimum atomic E-state index is 0.298. The maximum atomic E-state index is 6.29. The molecule has 4 aromatic rings. The van der Waals surface area contributed by atoms with E-state index < -0.39 is 0 Å². The Hall–Kier alpha value is -3.83. The van der Waals surface area contributed by atoms with Crippen molar-refractivity contribution in [2.75, 3.05) is 6.61 Å². The van der Waals surface area contributed by atoms with Crippen LogP contribution in [0.4, 0.5) is 0 Å². The summed E-state index contributed by atoms with van der Waals surface area (Å²) >= 11 is 0. The molecule has 0 radical (unpaired) electrons. The fourth-order valence-corrected chi connectivity index (χ4v) is 4.65. The molecule has 0 fully saturated rings. The van der Waals surface area contributed by atoms with Crippen molar-refractivity contribution in [3.8, 4) is 17.4 Å². The maximum absolute atomic E-state index is 6.29. The topological polar surface area (TPSA) is 49.8 Å². The number of ether oxygens (including phenoxy) is 4. The molecule has 5 heteroatoms. The molecule has 222 valence electrons. The van der Waals surface area contributed by atoms with Gasteiger partial charge in [0.15, 0.2) is 5.75 Å². The average Bonchev–Trinajstić information content (AvgIpc) is 3.04. The van der Waals surface area contributed by atoms with Gasteiger partial charge >= 0.3 is 0 Å². The van der Waals surface area contributed by atoms with E-state index in [9.17, 15) is 0 Å². The molecule has 0 spiro atoms. The van der Waals surface area contributed by atoms with Crippen molar-refractivity contribution >= 4 is 0 Å². The van der Waals surface area contributed by atoms with Gasteiger partial charge in [0.25, 0.3) is 5.88 Å². The standard InChI is InChI=1S/C37H45NO4/c1-2-3-4-5-6-7-8-18-25-40-37-36(42-29-33-23-16-11-17-24-33)26-35(41-28-32-21-14-10-15-22-32)34(38-37)30-39-27-31-19-12-9-13-20-31/h9-17,19-24,26H,2-8,18,25,27-30H2,1H3. The summed E-state index contributed by atoms with van der Waals surface area (Å²) in [6.07, 6.45) is 9.95. The summed E-state index contributed by atoms with van der Waals surface area (Å²) in [6, 6.07) is 32.3. The van der Waals surface area contributed by atoms with Crippen LogP contribution in [-0.2, 0) is 31.2 Å². The van der Waals surface area contributed by atoms with Gasteiger partial charge in [0.1, 0.15) is 24.7 Å². The van der Waals surface area contributed by atoms with Crippen LogP contribution in [0.25, 0.3) is 0 Å². The Kier molecular flexibility index (Phi) is 13.8. The number of hydrogen-bond donors (Lipinski definition) is 0. The molecule has 0 unspecified atom stereocenters. The predicted molar refractivity (Wildman–Crippen MR) is 169 cm³/mol. The number of hydrogen-bond acceptors (Lipinski definition) is 5. The first kappa shape index (κ1) is 31.1. The predicted octanol–water partition coefficient (Wildman–Crippen LogP) is 9.48. The largest absolute Gasteiger partial charge is 0.487 e. The Morgan fingerprint density at radius 3 is 1.57 bits per heavy atom. The van der Waals surface area contributed by atoms with Gasteiger partial charge in [0.05, 0.1) is 19.8 Å². The smallest absolute Gasteiger partial charge is 0.257 e. The zero-order chi connectivity index (χ0) is 29.1. The van der Waals surface area contributed by atoms with Crippen molar-refractivity contribution in [1.82, 2.24) is 4.98 Å². The average molecular weight is 568 g/mol.